The van der Waals surface area contributed by atoms with Crippen molar-refractivity contribution in [2.75, 3.05) is 18.6 Å². The van der Waals surface area contributed by atoms with E-state index < -0.39 is 0 Å². The average Bonchev–Trinajstić information content (AvgIpc) is 3.03. The van der Waals surface area contributed by atoms with Crippen LogP contribution in [0.4, 0.5) is 0 Å². The molecule has 1 heterocycles. The van der Waals surface area contributed by atoms with E-state index in [2.05, 4.69) is 48.7 Å². The molecule has 2 aromatic carbocycles. The minimum atomic E-state index is -0.219. The van der Waals surface area contributed by atoms with Crippen LogP contribution in [0.1, 0.15) is 41.3 Å². The summed E-state index contributed by atoms with van der Waals surface area (Å²) >= 11 is 3.37. The van der Waals surface area contributed by atoms with Gasteiger partial charge in [-0.15, -0.1) is 0 Å². The molecule has 0 bridgehead atoms. The third-order valence-corrected chi connectivity index (χ3v) is 6.51. The lowest BCUT2D eigenvalue weighted by atomic mass is 10.1. The second-order valence-electron chi connectivity index (χ2n) is 7.08. The Kier molecular flexibility index (Phi) is 7.56. The molecule has 0 N–H and O–H groups in total. The number of ether oxygens (including phenoxy) is 1. The number of rotatable bonds is 8. The Balaban J connectivity index is 1.92. The Morgan fingerprint density at radius 1 is 1.17 bits per heavy atom. The Labute approximate surface area is 180 Å². The molecule has 3 aromatic rings. The maximum atomic E-state index is 12.8. The Bertz CT molecular complexity index is 1050. The fraction of sp³-hybridized carbons (Fsp3) is 0.391. The number of carbonyl (C=O) groups is 1. The Morgan fingerprint density at radius 3 is 2.59 bits per heavy atom. The summed E-state index contributed by atoms with van der Waals surface area (Å²) in [5, 5.41) is 0. The van der Waals surface area contributed by atoms with Crippen molar-refractivity contribution in [3.63, 3.8) is 0 Å². The predicted octanol–water partition coefficient (Wildman–Crippen LogP) is 5.60. The Hall–Kier alpha value is -2.05. The first-order chi connectivity index (χ1) is 14.0. The minimum absolute atomic E-state index is 0.219. The zero-order valence-corrected chi connectivity index (χ0v) is 19.2. The molecule has 0 aliphatic heterocycles. The summed E-state index contributed by atoms with van der Waals surface area (Å²) in [4.78, 5) is 18.0. The first-order valence-electron chi connectivity index (χ1n) is 9.95. The van der Waals surface area contributed by atoms with Crippen LogP contribution < -0.4 is 9.54 Å². The van der Waals surface area contributed by atoms with E-state index in [1.807, 2.05) is 12.1 Å². The number of benzene rings is 2. The lowest BCUT2D eigenvalue weighted by Crippen LogP contribution is -2.18. The van der Waals surface area contributed by atoms with Crippen LogP contribution in [0.2, 0.25) is 0 Å². The van der Waals surface area contributed by atoms with Crippen molar-refractivity contribution in [3.8, 4) is 5.75 Å². The van der Waals surface area contributed by atoms with Crippen molar-refractivity contribution < 1.29 is 9.53 Å². The summed E-state index contributed by atoms with van der Waals surface area (Å²) < 4.78 is 9.02. The quantitative estimate of drug-likeness (QED) is 0.439. The highest BCUT2D eigenvalue weighted by atomic mass is 32.2. The number of unbranched alkanes of at least 4 members (excludes halogenated alkanes) is 1. The van der Waals surface area contributed by atoms with Gasteiger partial charge in [-0.05, 0) is 74.0 Å². The minimum Gasteiger partial charge on any atom is -0.494 e. The molecular weight excluding hydrogens is 400 g/mol. The van der Waals surface area contributed by atoms with Crippen molar-refractivity contribution in [1.29, 1.82) is 0 Å². The fourth-order valence-corrected chi connectivity index (χ4v) is 4.48. The van der Waals surface area contributed by atoms with Crippen LogP contribution in [0.5, 0.6) is 5.75 Å². The van der Waals surface area contributed by atoms with Gasteiger partial charge in [0.05, 0.1) is 16.8 Å². The SMILES string of the molecule is CCCCOc1ccc(C(=O)N=c2sc3cc(C)c(C)cc3n2CCSC)cc1. The van der Waals surface area contributed by atoms with Crippen molar-refractivity contribution in [2.45, 2.75) is 40.2 Å². The summed E-state index contributed by atoms with van der Waals surface area (Å²) in [6.45, 7) is 7.91. The van der Waals surface area contributed by atoms with Gasteiger partial charge in [-0.25, -0.2) is 0 Å². The topological polar surface area (TPSA) is 43.6 Å². The van der Waals surface area contributed by atoms with E-state index in [1.54, 1.807) is 35.2 Å². The second kappa shape index (κ2) is 10.1. The molecule has 0 saturated heterocycles. The van der Waals surface area contributed by atoms with Crippen molar-refractivity contribution in [1.82, 2.24) is 4.57 Å². The molecule has 0 atom stereocenters. The number of aryl methyl sites for hydroxylation is 3. The highest BCUT2D eigenvalue weighted by molar-refractivity contribution is 7.98. The largest absolute Gasteiger partial charge is 0.494 e. The number of thiazole rings is 1. The molecule has 1 aromatic heterocycles. The highest BCUT2D eigenvalue weighted by Crippen LogP contribution is 2.22. The van der Waals surface area contributed by atoms with Gasteiger partial charge in [0.25, 0.3) is 5.91 Å². The molecule has 0 spiro atoms. The van der Waals surface area contributed by atoms with E-state index in [1.165, 1.54) is 15.8 Å². The number of hydrogen-bond donors (Lipinski definition) is 0. The number of fused-ring (bicyclic) bond motifs is 1. The zero-order valence-electron chi connectivity index (χ0n) is 17.5. The number of carbonyl (C=O) groups excluding carboxylic acids is 1. The molecule has 154 valence electrons. The predicted molar refractivity (Wildman–Crippen MR) is 124 cm³/mol. The molecular formula is C23H28N2O2S2. The number of aromatic nitrogens is 1. The molecule has 0 saturated carbocycles. The first-order valence-corrected chi connectivity index (χ1v) is 12.2. The first kappa shape index (κ1) is 21.7. The maximum Gasteiger partial charge on any atom is 0.279 e. The molecule has 4 nitrogen and oxygen atoms in total. The lowest BCUT2D eigenvalue weighted by Gasteiger charge is -2.06. The molecule has 3 rings (SSSR count). The summed E-state index contributed by atoms with van der Waals surface area (Å²) in [6, 6.07) is 11.7. The summed E-state index contributed by atoms with van der Waals surface area (Å²) in [7, 11) is 0. The van der Waals surface area contributed by atoms with Gasteiger partial charge < -0.3 is 9.30 Å². The second-order valence-corrected chi connectivity index (χ2v) is 9.07. The van der Waals surface area contributed by atoms with Crippen LogP contribution in [0.25, 0.3) is 10.2 Å². The van der Waals surface area contributed by atoms with Crippen LogP contribution in [-0.4, -0.2) is 29.1 Å². The van der Waals surface area contributed by atoms with Gasteiger partial charge >= 0.3 is 0 Å². The molecule has 0 unspecified atom stereocenters. The number of hydrogen-bond acceptors (Lipinski definition) is 4. The van der Waals surface area contributed by atoms with Gasteiger partial charge in [0.2, 0.25) is 0 Å². The summed E-state index contributed by atoms with van der Waals surface area (Å²) in [6.07, 6.45) is 4.22. The van der Waals surface area contributed by atoms with Gasteiger partial charge in [-0.3, -0.25) is 4.79 Å². The maximum absolute atomic E-state index is 12.8. The van der Waals surface area contributed by atoms with Gasteiger partial charge in [0.1, 0.15) is 5.75 Å². The van der Waals surface area contributed by atoms with E-state index in [-0.39, 0.29) is 5.91 Å². The third-order valence-electron chi connectivity index (χ3n) is 4.88. The fourth-order valence-electron chi connectivity index (χ4n) is 2.98. The zero-order chi connectivity index (χ0) is 20.8. The van der Waals surface area contributed by atoms with Gasteiger partial charge in [-0.2, -0.15) is 16.8 Å². The monoisotopic (exact) mass is 428 g/mol. The van der Waals surface area contributed by atoms with Crippen LogP contribution in [-0.2, 0) is 6.54 Å². The van der Waals surface area contributed by atoms with Crippen molar-refractivity contribution in [2.24, 2.45) is 4.99 Å². The van der Waals surface area contributed by atoms with E-state index >= 15 is 0 Å². The number of nitrogens with zero attached hydrogens (tertiary/aromatic N) is 2. The molecule has 0 fully saturated rings. The van der Waals surface area contributed by atoms with Gasteiger partial charge in [-0.1, -0.05) is 24.7 Å². The van der Waals surface area contributed by atoms with E-state index in [0.29, 0.717) is 12.2 Å². The smallest absolute Gasteiger partial charge is 0.279 e. The van der Waals surface area contributed by atoms with Crippen molar-refractivity contribution >= 4 is 39.2 Å². The molecule has 0 aliphatic carbocycles. The van der Waals surface area contributed by atoms with Gasteiger partial charge in [0.15, 0.2) is 4.80 Å². The molecule has 0 radical (unpaired) electrons. The summed E-state index contributed by atoms with van der Waals surface area (Å²) in [5.74, 6) is 1.55. The van der Waals surface area contributed by atoms with E-state index in [0.717, 1.165) is 41.2 Å². The van der Waals surface area contributed by atoms with Crippen molar-refractivity contribution in [3.05, 3.63) is 57.9 Å². The normalized spacial score (nSPS) is 11.9. The van der Waals surface area contributed by atoms with Crippen LogP contribution in [0.15, 0.2) is 41.4 Å². The molecule has 6 heteroatoms. The van der Waals surface area contributed by atoms with Gasteiger partial charge in [0, 0.05) is 17.9 Å². The van der Waals surface area contributed by atoms with E-state index in [4.69, 9.17) is 4.74 Å². The number of amides is 1. The van der Waals surface area contributed by atoms with Crippen LogP contribution in [0.3, 0.4) is 0 Å². The molecule has 29 heavy (non-hydrogen) atoms. The average molecular weight is 429 g/mol. The van der Waals surface area contributed by atoms with E-state index in [9.17, 15) is 4.79 Å². The standard InChI is InChI=1S/C23H28N2O2S2/c1-5-6-12-27-19-9-7-18(8-10-19)22(26)24-23-25(11-13-28-4)20-14-16(2)17(3)15-21(20)29-23/h7-10,14-15H,5-6,11-13H2,1-4H3. The Morgan fingerprint density at radius 2 is 1.90 bits per heavy atom. The highest BCUT2D eigenvalue weighted by Gasteiger charge is 2.11. The summed E-state index contributed by atoms with van der Waals surface area (Å²) in [5.41, 5.74) is 4.24. The van der Waals surface area contributed by atoms with Crippen LogP contribution in [0, 0.1) is 13.8 Å². The lowest BCUT2D eigenvalue weighted by molar-refractivity contribution is 0.0998. The molecule has 0 aliphatic rings. The number of thioether (sulfide) groups is 1. The molecule has 1 amide bonds. The third kappa shape index (κ3) is 5.31. The van der Waals surface area contributed by atoms with Crippen LogP contribution >= 0.6 is 23.1 Å².